The molecule has 0 N–H and O–H groups in total. The second-order valence-electron chi connectivity index (χ2n) is 5.84. The van der Waals surface area contributed by atoms with E-state index in [2.05, 4.69) is 22.1 Å². The zero-order chi connectivity index (χ0) is 15.0. The second-order valence-corrected chi connectivity index (χ2v) is 5.84. The number of likely N-dealkylation sites (tertiary alicyclic amines) is 1. The van der Waals surface area contributed by atoms with Gasteiger partial charge in [-0.1, -0.05) is 0 Å². The molecule has 0 bridgehead atoms. The van der Waals surface area contributed by atoms with Crippen molar-refractivity contribution in [2.45, 2.75) is 25.8 Å². The average molecular weight is 287 g/mol. The largest absolute Gasteiger partial charge is 0.339 e. The summed E-state index contributed by atoms with van der Waals surface area (Å²) in [5.74, 6) is 0.889. The molecule has 1 aliphatic heterocycles. The SMILES string of the molecule is Cc1nnc2cc(C(=O)N(C)C3CCN(C)CC3)ccn12. The number of nitrogens with zero attached hydrogens (tertiary/aromatic N) is 5. The summed E-state index contributed by atoms with van der Waals surface area (Å²) in [5.41, 5.74) is 1.39. The molecule has 2 aromatic rings. The summed E-state index contributed by atoms with van der Waals surface area (Å²) < 4.78 is 1.88. The van der Waals surface area contributed by atoms with Crippen molar-refractivity contribution in [2.24, 2.45) is 0 Å². The van der Waals surface area contributed by atoms with Gasteiger partial charge in [0.15, 0.2) is 5.65 Å². The first kappa shape index (κ1) is 14.0. The molecule has 0 unspecified atom stereocenters. The molecule has 0 aromatic carbocycles. The van der Waals surface area contributed by atoms with Crippen LogP contribution < -0.4 is 0 Å². The molecule has 1 saturated heterocycles. The van der Waals surface area contributed by atoms with E-state index in [-0.39, 0.29) is 5.91 Å². The summed E-state index contributed by atoms with van der Waals surface area (Å²) in [5, 5.41) is 8.10. The van der Waals surface area contributed by atoms with Gasteiger partial charge in [-0.2, -0.15) is 0 Å². The van der Waals surface area contributed by atoms with Crippen LogP contribution in [-0.2, 0) is 0 Å². The summed E-state index contributed by atoms with van der Waals surface area (Å²) in [6, 6.07) is 3.98. The van der Waals surface area contributed by atoms with Crippen molar-refractivity contribution < 1.29 is 4.79 Å². The van der Waals surface area contributed by atoms with E-state index in [9.17, 15) is 4.79 Å². The highest BCUT2D eigenvalue weighted by molar-refractivity contribution is 5.95. The lowest BCUT2D eigenvalue weighted by Crippen LogP contribution is -2.44. The van der Waals surface area contributed by atoms with Crippen molar-refractivity contribution in [3.8, 4) is 0 Å². The van der Waals surface area contributed by atoms with E-state index in [1.807, 2.05) is 41.6 Å². The Morgan fingerprint density at radius 2 is 2.05 bits per heavy atom. The molecule has 1 aliphatic rings. The van der Waals surface area contributed by atoms with Crippen LogP contribution in [0, 0.1) is 6.92 Å². The third-order valence-corrected chi connectivity index (χ3v) is 4.38. The normalized spacial score (nSPS) is 17.3. The molecule has 0 radical (unpaired) electrons. The van der Waals surface area contributed by atoms with Crippen molar-refractivity contribution >= 4 is 11.6 Å². The zero-order valence-corrected chi connectivity index (χ0v) is 12.8. The van der Waals surface area contributed by atoms with E-state index < -0.39 is 0 Å². The van der Waals surface area contributed by atoms with E-state index in [4.69, 9.17) is 0 Å². The van der Waals surface area contributed by atoms with Gasteiger partial charge < -0.3 is 9.80 Å². The van der Waals surface area contributed by atoms with Gasteiger partial charge >= 0.3 is 0 Å². The Labute approximate surface area is 124 Å². The molecule has 112 valence electrons. The van der Waals surface area contributed by atoms with Crippen LogP contribution in [0.3, 0.4) is 0 Å². The van der Waals surface area contributed by atoms with Crippen LogP contribution in [0.1, 0.15) is 29.0 Å². The van der Waals surface area contributed by atoms with Crippen molar-refractivity contribution in [3.05, 3.63) is 29.7 Å². The van der Waals surface area contributed by atoms with Crippen molar-refractivity contribution in [2.75, 3.05) is 27.2 Å². The van der Waals surface area contributed by atoms with Crippen LogP contribution >= 0.6 is 0 Å². The summed E-state index contributed by atoms with van der Waals surface area (Å²) in [4.78, 5) is 16.8. The minimum absolute atomic E-state index is 0.0627. The molecule has 6 nitrogen and oxygen atoms in total. The van der Waals surface area contributed by atoms with Gasteiger partial charge in [-0.3, -0.25) is 9.20 Å². The molecule has 0 atom stereocenters. The molecular weight excluding hydrogens is 266 g/mol. The molecule has 1 amide bonds. The number of hydrogen-bond acceptors (Lipinski definition) is 4. The Bertz CT molecular complexity index is 657. The lowest BCUT2D eigenvalue weighted by atomic mass is 10.0. The number of hydrogen-bond donors (Lipinski definition) is 0. The van der Waals surface area contributed by atoms with Gasteiger partial charge in [0.2, 0.25) is 0 Å². The van der Waals surface area contributed by atoms with Crippen molar-refractivity contribution in [3.63, 3.8) is 0 Å². The Hall–Kier alpha value is -1.95. The molecule has 3 rings (SSSR count). The summed E-state index contributed by atoms with van der Waals surface area (Å²) in [7, 11) is 4.02. The van der Waals surface area contributed by atoms with Crippen LogP contribution in [0.5, 0.6) is 0 Å². The van der Waals surface area contributed by atoms with Gasteiger partial charge in [0.25, 0.3) is 5.91 Å². The molecule has 21 heavy (non-hydrogen) atoms. The quantitative estimate of drug-likeness (QED) is 0.833. The third-order valence-electron chi connectivity index (χ3n) is 4.38. The lowest BCUT2D eigenvalue weighted by Gasteiger charge is -2.35. The monoisotopic (exact) mass is 287 g/mol. The predicted octanol–water partition coefficient (Wildman–Crippen LogP) is 1.20. The zero-order valence-electron chi connectivity index (χ0n) is 12.8. The molecule has 1 fully saturated rings. The fraction of sp³-hybridized carbons (Fsp3) is 0.533. The molecule has 0 spiro atoms. The maximum absolute atomic E-state index is 12.6. The van der Waals surface area contributed by atoms with E-state index in [1.54, 1.807) is 0 Å². The van der Waals surface area contributed by atoms with E-state index in [0.29, 0.717) is 11.6 Å². The first-order chi connectivity index (χ1) is 10.1. The van der Waals surface area contributed by atoms with E-state index >= 15 is 0 Å². The van der Waals surface area contributed by atoms with E-state index in [1.165, 1.54) is 0 Å². The maximum atomic E-state index is 12.6. The smallest absolute Gasteiger partial charge is 0.254 e. The van der Waals surface area contributed by atoms with E-state index in [0.717, 1.165) is 37.4 Å². The Morgan fingerprint density at radius 3 is 2.76 bits per heavy atom. The van der Waals surface area contributed by atoms with Crippen LogP contribution in [0.25, 0.3) is 5.65 Å². The first-order valence-electron chi connectivity index (χ1n) is 7.33. The number of fused-ring (bicyclic) bond motifs is 1. The fourth-order valence-electron chi connectivity index (χ4n) is 2.90. The second kappa shape index (κ2) is 5.44. The van der Waals surface area contributed by atoms with Crippen LogP contribution in [0.4, 0.5) is 0 Å². The number of pyridine rings is 1. The number of aromatic nitrogens is 3. The number of amides is 1. The molecule has 2 aromatic heterocycles. The Balaban J connectivity index is 1.79. The molecule has 0 aliphatic carbocycles. The maximum Gasteiger partial charge on any atom is 0.254 e. The summed E-state index contributed by atoms with van der Waals surface area (Å²) in [6.07, 6.45) is 3.93. The van der Waals surface area contributed by atoms with Gasteiger partial charge in [0.05, 0.1) is 0 Å². The summed E-state index contributed by atoms with van der Waals surface area (Å²) in [6.45, 7) is 3.99. The number of aryl methyl sites for hydroxylation is 1. The third kappa shape index (κ3) is 2.63. The number of rotatable bonds is 2. The number of piperidine rings is 1. The average Bonchev–Trinajstić information content (AvgIpc) is 2.87. The van der Waals surface area contributed by atoms with Crippen molar-refractivity contribution in [1.82, 2.24) is 24.4 Å². The van der Waals surface area contributed by atoms with Gasteiger partial charge in [0.1, 0.15) is 5.82 Å². The highest BCUT2D eigenvalue weighted by Crippen LogP contribution is 2.17. The fourth-order valence-corrected chi connectivity index (χ4v) is 2.90. The summed E-state index contributed by atoms with van der Waals surface area (Å²) >= 11 is 0. The standard InChI is InChI=1S/C15H21N5O/c1-11-16-17-14-10-12(4-9-20(11)14)15(21)19(3)13-5-7-18(2)8-6-13/h4,9-10,13H,5-8H2,1-3H3. The van der Waals surface area contributed by atoms with Gasteiger partial charge in [0, 0.05) is 24.8 Å². The molecule has 6 heteroatoms. The minimum Gasteiger partial charge on any atom is -0.339 e. The van der Waals surface area contributed by atoms with Crippen molar-refractivity contribution in [1.29, 1.82) is 0 Å². The highest BCUT2D eigenvalue weighted by Gasteiger charge is 2.24. The Morgan fingerprint density at radius 1 is 1.33 bits per heavy atom. The molecule has 3 heterocycles. The van der Waals surface area contributed by atoms with Crippen LogP contribution in [0.2, 0.25) is 0 Å². The Kier molecular flexibility index (Phi) is 3.63. The van der Waals surface area contributed by atoms with Crippen LogP contribution in [0.15, 0.2) is 18.3 Å². The number of carbonyl (C=O) groups excluding carboxylic acids is 1. The van der Waals surface area contributed by atoms with Gasteiger partial charge in [-0.05, 0) is 52.0 Å². The lowest BCUT2D eigenvalue weighted by molar-refractivity contribution is 0.0659. The number of carbonyl (C=O) groups is 1. The molecular formula is C15H21N5O. The minimum atomic E-state index is 0.0627. The highest BCUT2D eigenvalue weighted by atomic mass is 16.2. The topological polar surface area (TPSA) is 53.7 Å². The van der Waals surface area contributed by atoms with Crippen LogP contribution in [-0.4, -0.2) is 63.5 Å². The van der Waals surface area contributed by atoms with Gasteiger partial charge in [-0.15, -0.1) is 10.2 Å². The molecule has 0 saturated carbocycles. The predicted molar refractivity (Wildman–Crippen MR) is 80.3 cm³/mol. The van der Waals surface area contributed by atoms with Gasteiger partial charge in [-0.25, -0.2) is 0 Å². The first-order valence-corrected chi connectivity index (χ1v) is 7.33.